The van der Waals surface area contributed by atoms with Crippen molar-refractivity contribution in [1.29, 1.82) is 0 Å². The van der Waals surface area contributed by atoms with Gasteiger partial charge in [0.1, 0.15) is 19.0 Å². The quantitative estimate of drug-likeness (QED) is 0.358. The first-order valence-corrected chi connectivity index (χ1v) is 12.2. The summed E-state index contributed by atoms with van der Waals surface area (Å²) in [6.45, 7) is 3.67. The van der Waals surface area contributed by atoms with Gasteiger partial charge >= 0.3 is 0 Å². The van der Waals surface area contributed by atoms with E-state index in [4.69, 9.17) is 21.7 Å². The highest BCUT2D eigenvalue weighted by atomic mass is 32.1. The maximum atomic E-state index is 13.5. The fourth-order valence-electron chi connectivity index (χ4n) is 4.22. The van der Waals surface area contributed by atoms with Crippen LogP contribution >= 0.6 is 12.2 Å². The summed E-state index contributed by atoms with van der Waals surface area (Å²) in [7, 11) is 0. The molecule has 1 aliphatic rings. The Morgan fingerprint density at radius 3 is 2.44 bits per heavy atom. The van der Waals surface area contributed by atoms with Crippen molar-refractivity contribution in [1.82, 2.24) is 15.2 Å². The minimum absolute atomic E-state index is 0.0343. The van der Waals surface area contributed by atoms with Crippen LogP contribution in [0.5, 0.6) is 11.5 Å². The van der Waals surface area contributed by atoms with Gasteiger partial charge in [-0.15, -0.1) is 0 Å². The van der Waals surface area contributed by atoms with Crippen LogP contribution in [0.4, 0.5) is 4.39 Å². The Balaban J connectivity index is 1.44. The van der Waals surface area contributed by atoms with Crippen LogP contribution in [0.1, 0.15) is 29.7 Å². The average molecular weight is 504 g/mol. The van der Waals surface area contributed by atoms with Crippen molar-refractivity contribution in [3.8, 4) is 11.5 Å². The van der Waals surface area contributed by atoms with Gasteiger partial charge in [-0.1, -0.05) is 42.5 Å². The molecule has 0 saturated heterocycles. The van der Waals surface area contributed by atoms with Crippen molar-refractivity contribution in [2.24, 2.45) is 0 Å². The molecule has 1 atom stereocenters. The number of H-pyrrole nitrogens is 1. The van der Waals surface area contributed by atoms with Crippen LogP contribution in [0, 0.1) is 5.82 Å². The van der Waals surface area contributed by atoms with Crippen molar-refractivity contribution in [3.05, 3.63) is 106 Å². The molecule has 0 unspecified atom stereocenters. The van der Waals surface area contributed by atoms with E-state index in [1.54, 1.807) is 18.2 Å². The van der Waals surface area contributed by atoms with Crippen molar-refractivity contribution in [3.63, 3.8) is 0 Å². The molecule has 1 aliphatic heterocycles. The molecule has 36 heavy (non-hydrogen) atoms. The number of aromatic nitrogens is 1. The molecule has 0 amide bonds. The number of nitrogens with zero attached hydrogens (tertiary/aromatic N) is 1. The van der Waals surface area contributed by atoms with Crippen LogP contribution < -0.4 is 20.3 Å². The van der Waals surface area contributed by atoms with E-state index in [1.807, 2.05) is 54.3 Å². The summed E-state index contributed by atoms with van der Waals surface area (Å²) in [4.78, 5) is 17.9. The van der Waals surface area contributed by atoms with Crippen molar-refractivity contribution >= 4 is 28.2 Å². The monoisotopic (exact) mass is 503 g/mol. The molecule has 184 valence electrons. The molecule has 1 aromatic heterocycles. The highest BCUT2D eigenvalue weighted by Gasteiger charge is 2.18. The molecule has 2 N–H and O–H groups in total. The Labute approximate surface area is 213 Å². The maximum Gasteiger partial charge on any atom is 0.253 e. The number of thiocarbonyl (C=S) groups is 1. The summed E-state index contributed by atoms with van der Waals surface area (Å²) in [5, 5.41) is 4.72. The largest absolute Gasteiger partial charge is 0.486 e. The second kappa shape index (κ2) is 10.4. The van der Waals surface area contributed by atoms with E-state index in [-0.39, 0.29) is 24.0 Å². The molecule has 2 heterocycles. The number of fused-ring (bicyclic) bond motifs is 2. The first kappa shape index (κ1) is 23.8. The first-order valence-electron chi connectivity index (χ1n) is 11.8. The Hall–Kier alpha value is -3.91. The summed E-state index contributed by atoms with van der Waals surface area (Å²) >= 11 is 5.79. The minimum atomic E-state index is -0.302. The molecule has 5 rings (SSSR count). The Morgan fingerprint density at radius 1 is 1.03 bits per heavy atom. The number of hydrogen-bond donors (Lipinski definition) is 2. The standard InChI is InChI=1S/C28H26FN3O3S/c1-18(20-5-3-2-4-6-20)30-28(36)32(16-19-7-9-23(29)10-8-19)17-22-13-21-14-25-26(35-12-11-34-25)15-24(21)31-27(22)33/h2-10,13-15,18H,11-12,16-17H2,1H3,(H,30,36)(H,31,33)/t18-/m1/s1. The van der Waals surface area contributed by atoms with E-state index in [2.05, 4.69) is 10.3 Å². The minimum Gasteiger partial charge on any atom is -0.486 e. The summed E-state index contributed by atoms with van der Waals surface area (Å²) in [6.07, 6.45) is 0. The topological polar surface area (TPSA) is 66.6 Å². The lowest BCUT2D eigenvalue weighted by atomic mass is 10.1. The van der Waals surface area contributed by atoms with Crippen LogP contribution in [0.3, 0.4) is 0 Å². The predicted octanol–water partition coefficient (Wildman–Crippen LogP) is 5.08. The Bertz CT molecular complexity index is 1440. The van der Waals surface area contributed by atoms with Gasteiger partial charge in [0.2, 0.25) is 0 Å². The summed E-state index contributed by atoms with van der Waals surface area (Å²) in [5.74, 6) is 0.975. The van der Waals surface area contributed by atoms with E-state index in [1.165, 1.54) is 12.1 Å². The van der Waals surface area contributed by atoms with Gasteiger partial charge < -0.3 is 24.7 Å². The highest BCUT2D eigenvalue weighted by molar-refractivity contribution is 7.80. The first-order chi connectivity index (χ1) is 17.5. The molecule has 0 saturated carbocycles. The number of ether oxygens (including phenoxy) is 2. The molecular formula is C28H26FN3O3S. The Morgan fingerprint density at radius 2 is 1.72 bits per heavy atom. The smallest absolute Gasteiger partial charge is 0.253 e. The van der Waals surface area contributed by atoms with Gasteiger partial charge in [-0.3, -0.25) is 4.79 Å². The van der Waals surface area contributed by atoms with Gasteiger partial charge in [0.05, 0.1) is 18.1 Å². The molecule has 6 nitrogen and oxygen atoms in total. The SMILES string of the molecule is C[C@@H](NC(=S)N(Cc1ccc(F)cc1)Cc1cc2cc3c(cc2[nH]c1=O)OCCO3)c1ccccc1. The number of pyridine rings is 1. The zero-order chi connectivity index (χ0) is 25.1. The number of benzene rings is 3. The zero-order valence-corrected chi connectivity index (χ0v) is 20.6. The highest BCUT2D eigenvalue weighted by Crippen LogP contribution is 2.33. The van der Waals surface area contributed by atoms with E-state index in [9.17, 15) is 9.18 Å². The molecule has 0 aliphatic carbocycles. The van der Waals surface area contributed by atoms with Crippen molar-refractivity contribution < 1.29 is 13.9 Å². The summed E-state index contributed by atoms with van der Waals surface area (Å²) in [6, 6.07) is 21.8. The third-order valence-electron chi connectivity index (χ3n) is 6.16. The van der Waals surface area contributed by atoms with Crippen LogP contribution in [0.15, 0.2) is 77.6 Å². The molecule has 0 spiro atoms. The van der Waals surface area contributed by atoms with E-state index in [0.717, 1.165) is 16.5 Å². The average Bonchev–Trinajstić information content (AvgIpc) is 2.89. The third kappa shape index (κ3) is 5.33. The van der Waals surface area contributed by atoms with Crippen LogP contribution in [-0.2, 0) is 13.1 Å². The van der Waals surface area contributed by atoms with E-state index < -0.39 is 0 Å². The number of nitrogens with one attached hydrogen (secondary N) is 2. The fraction of sp³-hybridized carbons (Fsp3) is 0.214. The number of rotatable bonds is 6. The molecule has 0 fully saturated rings. The Kier molecular flexibility index (Phi) is 6.86. The molecule has 8 heteroatoms. The molecule has 0 bridgehead atoms. The van der Waals surface area contributed by atoms with Gasteiger partial charge in [0.25, 0.3) is 5.56 Å². The van der Waals surface area contributed by atoms with Crippen LogP contribution in [-0.4, -0.2) is 28.2 Å². The second-order valence-corrected chi connectivity index (χ2v) is 9.16. The van der Waals surface area contributed by atoms with Gasteiger partial charge in [-0.25, -0.2) is 4.39 Å². The number of hydrogen-bond acceptors (Lipinski definition) is 4. The third-order valence-corrected chi connectivity index (χ3v) is 6.53. The normalized spacial score (nSPS) is 13.3. The second-order valence-electron chi connectivity index (χ2n) is 8.77. The van der Waals surface area contributed by atoms with Crippen LogP contribution in [0.2, 0.25) is 0 Å². The number of halogens is 1. The fourth-order valence-corrected chi connectivity index (χ4v) is 4.53. The predicted molar refractivity (Wildman–Crippen MR) is 142 cm³/mol. The lowest BCUT2D eigenvalue weighted by molar-refractivity contribution is 0.172. The van der Waals surface area contributed by atoms with Crippen molar-refractivity contribution in [2.75, 3.05) is 13.2 Å². The van der Waals surface area contributed by atoms with Crippen LogP contribution in [0.25, 0.3) is 10.9 Å². The number of aromatic amines is 1. The lowest BCUT2D eigenvalue weighted by Gasteiger charge is -2.28. The van der Waals surface area contributed by atoms with E-state index >= 15 is 0 Å². The molecule has 3 aromatic carbocycles. The summed E-state index contributed by atoms with van der Waals surface area (Å²) in [5.41, 5.74) is 3.00. The van der Waals surface area contributed by atoms with Gasteiger partial charge in [0.15, 0.2) is 16.6 Å². The molecule has 4 aromatic rings. The summed E-state index contributed by atoms with van der Waals surface area (Å²) < 4.78 is 24.8. The molecular weight excluding hydrogens is 477 g/mol. The molecule has 0 radical (unpaired) electrons. The van der Waals surface area contributed by atoms with E-state index in [0.29, 0.717) is 47.5 Å². The van der Waals surface area contributed by atoms with Crippen molar-refractivity contribution in [2.45, 2.75) is 26.1 Å². The lowest BCUT2D eigenvalue weighted by Crippen LogP contribution is -2.41. The maximum absolute atomic E-state index is 13.5. The van der Waals surface area contributed by atoms with Gasteiger partial charge in [-0.05, 0) is 54.5 Å². The van der Waals surface area contributed by atoms with Gasteiger partial charge in [0, 0.05) is 23.6 Å². The van der Waals surface area contributed by atoms with Gasteiger partial charge in [-0.2, -0.15) is 0 Å². The zero-order valence-electron chi connectivity index (χ0n) is 19.8.